The highest BCUT2D eigenvalue weighted by Gasteiger charge is 2.32. The first kappa shape index (κ1) is 44.4. The second-order valence-electron chi connectivity index (χ2n) is 15.1. The van der Waals surface area contributed by atoms with Gasteiger partial charge in [-0.05, 0) is 80.6 Å². The maximum absolute atomic E-state index is 13.8. The molecule has 0 radical (unpaired) electrons. The maximum Gasteiger partial charge on any atom is 0.278 e. The van der Waals surface area contributed by atoms with E-state index >= 15 is 0 Å². The van der Waals surface area contributed by atoms with E-state index in [4.69, 9.17) is 21.1 Å². The second-order valence-corrected chi connectivity index (χ2v) is 17.3. The van der Waals surface area contributed by atoms with Crippen LogP contribution in [0, 0.1) is 19.3 Å². The number of carbonyl (C=O) groups excluding carboxylic acids is 2. The Bertz CT molecular complexity index is 1920. The lowest BCUT2D eigenvalue weighted by Gasteiger charge is -2.28. The van der Waals surface area contributed by atoms with Crippen LogP contribution in [0.15, 0.2) is 59.6 Å². The Morgan fingerprint density at radius 1 is 0.963 bits per heavy atom. The molecule has 54 heavy (non-hydrogen) atoms. The van der Waals surface area contributed by atoms with Gasteiger partial charge in [0.2, 0.25) is 16.3 Å². The Morgan fingerprint density at radius 3 is 2.26 bits per heavy atom. The quantitative estimate of drug-likeness (QED) is 0.0625. The summed E-state index contributed by atoms with van der Waals surface area (Å²) in [5, 5.41) is 6.30. The zero-order valence-corrected chi connectivity index (χ0v) is 35.2. The number of aliphatic imine (C=N–C) groups is 1. The van der Waals surface area contributed by atoms with Crippen molar-refractivity contribution in [2.24, 2.45) is 10.4 Å². The monoisotopic (exact) mass is 783 g/mol. The third kappa shape index (κ3) is 12.8. The zero-order chi connectivity index (χ0) is 40.4. The average molecular weight is 784 g/mol. The molecule has 3 rings (SSSR count). The predicted octanol–water partition coefficient (Wildman–Crippen LogP) is 8.55. The fourth-order valence-electron chi connectivity index (χ4n) is 5.45. The molecule has 1 amide bonds. The summed E-state index contributed by atoms with van der Waals surface area (Å²) in [7, 11) is -3.31. The van der Waals surface area contributed by atoms with Crippen LogP contribution in [0.2, 0.25) is 5.02 Å². The number of amides is 1. The average Bonchev–Trinajstić information content (AvgIpc) is 3.09. The number of anilines is 3. The molecule has 1 unspecified atom stereocenters. The van der Waals surface area contributed by atoms with Gasteiger partial charge in [-0.15, -0.1) is 0 Å². The van der Waals surface area contributed by atoms with Crippen molar-refractivity contribution in [2.45, 2.75) is 93.8 Å². The van der Waals surface area contributed by atoms with Crippen molar-refractivity contribution in [2.75, 3.05) is 48.2 Å². The highest BCUT2D eigenvalue weighted by atomic mass is 35.5. The molecular formula is C41H58ClN5O6S. The number of benzene rings is 3. The number of sulfonamides is 1. The number of Topliss-reactive ketones (excluding diaryl/α,β-unsaturated/α-hetero) is 1. The summed E-state index contributed by atoms with van der Waals surface area (Å²) in [6, 6.07) is 16.8. The number of hydrogen-bond donors (Lipinski definition) is 3. The molecule has 0 bridgehead atoms. The van der Waals surface area contributed by atoms with Crippen LogP contribution in [0.3, 0.4) is 0 Å². The molecule has 0 saturated heterocycles. The van der Waals surface area contributed by atoms with E-state index in [-0.39, 0.29) is 29.4 Å². The largest absolute Gasteiger partial charge is 0.465 e. The molecule has 1 atom stereocenters. The van der Waals surface area contributed by atoms with E-state index in [9.17, 15) is 18.0 Å². The standard InChI is InChI=1S/C41H58ClN5O6S/c1-12-36(53-35-20-15-27(4)23-31(35)41(9,10)13-2)52-26-43-29-16-18-32(42)34(25-29)46-39(49)37(38(48)40(6,7)8)45-33-19-17-30(24-28(33)5)47(14-3)22-21-44-54(11,50)51/h15-20,23-25,36,43-44H,12-14,21-22,26H2,1-11H3,(H,46,49). The van der Waals surface area contributed by atoms with E-state index in [1.807, 2.05) is 49.9 Å². The van der Waals surface area contributed by atoms with Gasteiger partial charge < -0.3 is 25.0 Å². The van der Waals surface area contributed by atoms with E-state index < -0.39 is 33.4 Å². The van der Waals surface area contributed by atoms with Crippen molar-refractivity contribution in [3.8, 4) is 5.75 Å². The van der Waals surface area contributed by atoms with Gasteiger partial charge in [-0.2, -0.15) is 0 Å². The molecule has 0 fully saturated rings. The smallest absolute Gasteiger partial charge is 0.278 e. The van der Waals surface area contributed by atoms with Gasteiger partial charge in [0, 0.05) is 48.4 Å². The number of ether oxygens (including phenoxy) is 2. The first-order chi connectivity index (χ1) is 25.2. The van der Waals surface area contributed by atoms with Crippen molar-refractivity contribution in [3.63, 3.8) is 0 Å². The van der Waals surface area contributed by atoms with Crippen LogP contribution in [0.25, 0.3) is 0 Å². The van der Waals surface area contributed by atoms with Gasteiger partial charge in [0.25, 0.3) is 5.91 Å². The van der Waals surface area contributed by atoms with Crippen molar-refractivity contribution >= 4 is 61.8 Å². The topological polar surface area (TPSA) is 138 Å². The SMILES string of the molecule is CCC(OCNc1ccc(Cl)c(NC(=O)C(=Nc2ccc(N(CC)CCNS(C)(=O)=O)cc2C)C(=O)C(C)(C)C)c1)Oc1ccc(C)cc1C(C)(C)CC. The van der Waals surface area contributed by atoms with Gasteiger partial charge in [-0.25, -0.2) is 18.1 Å². The summed E-state index contributed by atoms with van der Waals surface area (Å²) < 4.78 is 38.0. The third-order valence-corrected chi connectivity index (χ3v) is 10.2. The molecule has 0 aliphatic rings. The van der Waals surface area contributed by atoms with Gasteiger partial charge in [0.15, 0.2) is 11.5 Å². The number of nitrogens with zero attached hydrogens (tertiary/aromatic N) is 2. The van der Waals surface area contributed by atoms with Crippen LogP contribution < -0.4 is 25.0 Å². The number of hydrogen-bond acceptors (Lipinski definition) is 9. The summed E-state index contributed by atoms with van der Waals surface area (Å²) >= 11 is 6.53. The maximum atomic E-state index is 13.8. The van der Waals surface area contributed by atoms with E-state index in [0.717, 1.165) is 35.2 Å². The molecule has 0 spiro atoms. The number of carbonyl (C=O) groups is 2. The summed E-state index contributed by atoms with van der Waals surface area (Å²) in [5.41, 5.74) is 4.06. The third-order valence-electron chi connectivity index (χ3n) is 9.12. The Kier molecular flexibility index (Phi) is 15.7. The minimum atomic E-state index is -3.31. The number of aryl methyl sites for hydroxylation is 2. The molecule has 296 valence electrons. The first-order valence-electron chi connectivity index (χ1n) is 18.4. The zero-order valence-electron chi connectivity index (χ0n) is 33.6. The van der Waals surface area contributed by atoms with E-state index in [1.54, 1.807) is 45.0 Å². The molecule has 3 aromatic carbocycles. The van der Waals surface area contributed by atoms with Crippen LogP contribution >= 0.6 is 11.6 Å². The van der Waals surface area contributed by atoms with Crippen molar-refractivity contribution < 1.29 is 27.5 Å². The molecule has 11 nitrogen and oxygen atoms in total. The number of ketones is 1. The van der Waals surface area contributed by atoms with Gasteiger partial charge in [-0.3, -0.25) is 9.59 Å². The molecule has 3 aromatic rings. The van der Waals surface area contributed by atoms with Crippen LogP contribution in [-0.4, -0.2) is 64.7 Å². The van der Waals surface area contributed by atoms with E-state index in [0.29, 0.717) is 36.6 Å². The number of halogens is 1. The Labute approximate surface area is 327 Å². The Morgan fingerprint density at radius 2 is 1.67 bits per heavy atom. The van der Waals surface area contributed by atoms with Crippen LogP contribution in [0.1, 0.15) is 84.9 Å². The van der Waals surface area contributed by atoms with Crippen LogP contribution in [0.5, 0.6) is 5.75 Å². The highest BCUT2D eigenvalue weighted by Crippen LogP contribution is 2.36. The normalized spacial score (nSPS) is 13.0. The summed E-state index contributed by atoms with van der Waals surface area (Å²) in [6.07, 6.45) is 2.20. The predicted molar refractivity (Wildman–Crippen MR) is 222 cm³/mol. The highest BCUT2D eigenvalue weighted by molar-refractivity contribution is 7.88. The van der Waals surface area contributed by atoms with E-state index in [1.165, 1.54) is 5.56 Å². The lowest BCUT2D eigenvalue weighted by atomic mass is 9.81. The summed E-state index contributed by atoms with van der Waals surface area (Å²) in [4.78, 5) is 34.0. The van der Waals surface area contributed by atoms with Gasteiger partial charge in [0.1, 0.15) is 12.5 Å². The lowest BCUT2D eigenvalue weighted by molar-refractivity contribution is -0.121. The fraction of sp³-hybridized carbons (Fsp3) is 0.488. The summed E-state index contributed by atoms with van der Waals surface area (Å²) in [5.74, 6) is -0.334. The van der Waals surface area contributed by atoms with Gasteiger partial charge >= 0.3 is 0 Å². The number of nitrogens with one attached hydrogen (secondary N) is 3. The molecule has 0 aromatic heterocycles. The molecule has 13 heteroatoms. The number of likely N-dealkylation sites (N-methyl/N-ethyl adjacent to an activating group) is 1. The van der Waals surface area contributed by atoms with Crippen LogP contribution in [-0.2, 0) is 29.8 Å². The van der Waals surface area contributed by atoms with Crippen LogP contribution in [0.4, 0.5) is 22.7 Å². The van der Waals surface area contributed by atoms with Crippen molar-refractivity contribution in [3.05, 3.63) is 76.3 Å². The molecule has 0 aliphatic heterocycles. The van der Waals surface area contributed by atoms with E-state index in [2.05, 4.69) is 54.1 Å². The molecule has 0 aliphatic carbocycles. The summed E-state index contributed by atoms with van der Waals surface area (Å²) in [6.45, 7) is 21.1. The Hall–Kier alpha value is -3.97. The molecule has 0 saturated carbocycles. The van der Waals surface area contributed by atoms with Gasteiger partial charge in [-0.1, -0.05) is 77.8 Å². The van der Waals surface area contributed by atoms with Crippen molar-refractivity contribution in [1.82, 2.24) is 4.72 Å². The molecular weight excluding hydrogens is 726 g/mol. The fourth-order valence-corrected chi connectivity index (χ4v) is 6.08. The minimum Gasteiger partial charge on any atom is -0.465 e. The van der Waals surface area contributed by atoms with Crippen molar-refractivity contribution in [1.29, 1.82) is 0 Å². The Balaban J connectivity index is 1.79. The lowest BCUT2D eigenvalue weighted by Crippen LogP contribution is -2.37. The second kappa shape index (κ2) is 19.1. The molecule has 0 heterocycles. The van der Waals surface area contributed by atoms with Gasteiger partial charge in [0.05, 0.1) is 22.7 Å². The first-order valence-corrected chi connectivity index (χ1v) is 20.6. The number of rotatable bonds is 19. The molecule has 3 N–H and O–H groups in total. The minimum absolute atomic E-state index is 0.0632.